The van der Waals surface area contributed by atoms with Gasteiger partial charge in [0.15, 0.2) is 0 Å². The molecule has 0 aliphatic rings. The minimum atomic E-state index is -0.489. The standard InChI is InChI=1S/C16H27N3O2/c1-12(13-8-7-9-17-10-13)18-11-16(5,6)19-14(20)21-15(2,3)4/h7-10,12,18H,11H2,1-6H3,(H,19,20). The molecule has 0 saturated carbocycles. The highest BCUT2D eigenvalue weighted by molar-refractivity contribution is 5.68. The zero-order valence-electron chi connectivity index (χ0n) is 13.9. The van der Waals surface area contributed by atoms with Crippen molar-refractivity contribution in [1.29, 1.82) is 0 Å². The topological polar surface area (TPSA) is 63.2 Å². The molecule has 0 spiro atoms. The summed E-state index contributed by atoms with van der Waals surface area (Å²) in [6.07, 6.45) is 3.19. The first-order chi connectivity index (χ1) is 9.59. The second kappa shape index (κ2) is 6.89. The van der Waals surface area contributed by atoms with Crippen LogP contribution in [0.15, 0.2) is 24.5 Å². The van der Waals surface area contributed by atoms with Crippen LogP contribution in [0, 0.1) is 0 Å². The Balaban J connectivity index is 2.47. The van der Waals surface area contributed by atoms with E-state index < -0.39 is 17.2 Å². The number of nitrogens with zero attached hydrogens (tertiary/aromatic N) is 1. The number of pyridine rings is 1. The zero-order chi connectivity index (χ0) is 16.1. The van der Waals surface area contributed by atoms with Gasteiger partial charge in [-0.3, -0.25) is 4.98 Å². The quantitative estimate of drug-likeness (QED) is 0.876. The van der Waals surface area contributed by atoms with E-state index in [2.05, 4.69) is 22.5 Å². The summed E-state index contributed by atoms with van der Waals surface area (Å²) in [5.41, 5.74) is 0.223. The molecule has 0 bridgehead atoms. The summed E-state index contributed by atoms with van der Waals surface area (Å²) in [5, 5.41) is 6.28. The van der Waals surface area contributed by atoms with Gasteiger partial charge in [0.1, 0.15) is 5.60 Å². The molecule has 1 heterocycles. The van der Waals surface area contributed by atoms with Crippen LogP contribution in [0.2, 0.25) is 0 Å². The second-order valence-corrected chi connectivity index (χ2v) is 6.90. The van der Waals surface area contributed by atoms with Crippen LogP contribution in [0.4, 0.5) is 4.79 Å². The third-order valence-corrected chi connectivity index (χ3v) is 2.87. The molecule has 2 N–H and O–H groups in total. The fourth-order valence-corrected chi connectivity index (χ4v) is 1.78. The van der Waals surface area contributed by atoms with Gasteiger partial charge in [0.25, 0.3) is 0 Å². The Labute approximate surface area is 127 Å². The Morgan fingerprint density at radius 1 is 1.33 bits per heavy atom. The summed E-state index contributed by atoms with van der Waals surface area (Å²) in [7, 11) is 0. The van der Waals surface area contributed by atoms with Crippen LogP contribution in [0.5, 0.6) is 0 Å². The van der Waals surface area contributed by atoms with Gasteiger partial charge in [-0.1, -0.05) is 6.07 Å². The van der Waals surface area contributed by atoms with Crippen molar-refractivity contribution in [3.63, 3.8) is 0 Å². The van der Waals surface area contributed by atoms with Gasteiger partial charge >= 0.3 is 6.09 Å². The Morgan fingerprint density at radius 3 is 2.52 bits per heavy atom. The maximum atomic E-state index is 11.8. The van der Waals surface area contributed by atoms with Gasteiger partial charge in [-0.15, -0.1) is 0 Å². The third kappa shape index (κ3) is 7.09. The third-order valence-electron chi connectivity index (χ3n) is 2.87. The molecule has 118 valence electrons. The summed E-state index contributed by atoms with van der Waals surface area (Å²) in [6.45, 7) is 12.2. The summed E-state index contributed by atoms with van der Waals surface area (Å²) < 4.78 is 5.28. The van der Waals surface area contributed by atoms with Gasteiger partial charge in [0, 0.05) is 25.0 Å². The SMILES string of the molecule is CC(NCC(C)(C)NC(=O)OC(C)(C)C)c1cccnc1. The largest absolute Gasteiger partial charge is 0.444 e. The first-order valence-electron chi connectivity index (χ1n) is 7.23. The number of alkyl carbamates (subject to hydrolysis) is 1. The number of nitrogens with one attached hydrogen (secondary N) is 2. The maximum absolute atomic E-state index is 11.8. The number of aromatic nitrogens is 1. The van der Waals surface area contributed by atoms with E-state index in [1.807, 2.05) is 52.9 Å². The highest BCUT2D eigenvalue weighted by Gasteiger charge is 2.24. The lowest BCUT2D eigenvalue weighted by molar-refractivity contribution is 0.0471. The lowest BCUT2D eigenvalue weighted by atomic mass is 10.0. The number of rotatable bonds is 5. The first-order valence-corrected chi connectivity index (χ1v) is 7.23. The van der Waals surface area contributed by atoms with E-state index in [0.29, 0.717) is 6.54 Å². The smallest absolute Gasteiger partial charge is 0.408 e. The van der Waals surface area contributed by atoms with Gasteiger partial charge in [0.05, 0.1) is 5.54 Å². The molecular formula is C16H27N3O2. The molecule has 0 fully saturated rings. The van der Waals surface area contributed by atoms with Crippen LogP contribution < -0.4 is 10.6 Å². The minimum Gasteiger partial charge on any atom is -0.444 e. The maximum Gasteiger partial charge on any atom is 0.408 e. The van der Waals surface area contributed by atoms with Crippen LogP contribution >= 0.6 is 0 Å². The van der Waals surface area contributed by atoms with Crippen LogP contribution in [0.1, 0.15) is 53.1 Å². The number of hydrogen-bond donors (Lipinski definition) is 2. The predicted molar refractivity (Wildman–Crippen MR) is 84.1 cm³/mol. The molecule has 0 saturated heterocycles. The fourth-order valence-electron chi connectivity index (χ4n) is 1.78. The molecule has 0 aliphatic heterocycles. The van der Waals surface area contributed by atoms with Crippen molar-refractivity contribution in [2.45, 2.75) is 58.7 Å². The van der Waals surface area contributed by atoms with Gasteiger partial charge < -0.3 is 15.4 Å². The fraction of sp³-hybridized carbons (Fsp3) is 0.625. The molecule has 1 amide bonds. The highest BCUT2D eigenvalue weighted by Crippen LogP contribution is 2.12. The molecule has 1 unspecified atom stereocenters. The van der Waals surface area contributed by atoms with E-state index in [1.165, 1.54) is 0 Å². The van der Waals surface area contributed by atoms with E-state index >= 15 is 0 Å². The van der Waals surface area contributed by atoms with E-state index in [1.54, 1.807) is 6.20 Å². The average molecular weight is 293 g/mol. The predicted octanol–water partition coefficient (Wildman–Crippen LogP) is 3.04. The van der Waals surface area contributed by atoms with Crippen LogP contribution in [-0.2, 0) is 4.74 Å². The van der Waals surface area contributed by atoms with E-state index in [4.69, 9.17) is 4.74 Å². The number of amides is 1. The average Bonchev–Trinajstić information content (AvgIpc) is 2.34. The molecule has 1 aromatic heterocycles. The lowest BCUT2D eigenvalue weighted by Crippen LogP contribution is -2.51. The Morgan fingerprint density at radius 2 is 2.00 bits per heavy atom. The van der Waals surface area contributed by atoms with Crippen LogP contribution in [0.3, 0.4) is 0 Å². The van der Waals surface area contributed by atoms with E-state index in [-0.39, 0.29) is 6.04 Å². The van der Waals surface area contributed by atoms with Gasteiger partial charge in [-0.05, 0) is 53.2 Å². The zero-order valence-corrected chi connectivity index (χ0v) is 13.9. The molecule has 21 heavy (non-hydrogen) atoms. The molecule has 0 aliphatic carbocycles. The number of ether oxygens (including phenoxy) is 1. The van der Waals surface area contributed by atoms with Crippen molar-refractivity contribution < 1.29 is 9.53 Å². The normalized spacial score (nSPS) is 13.6. The summed E-state index contributed by atoms with van der Waals surface area (Å²) >= 11 is 0. The molecule has 5 nitrogen and oxygen atoms in total. The molecule has 1 rings (SSSR count). The lowest BCUT2D eigenvalue weighted by Gasteiger charge is -2.30. The first kappa shape index (κ1) is 17.4. The van der Waals surface area contributed by atoms with Gasteiger partial charge in [-0.2, -0.15) is 0 Å². The monoisotopic (exact) mass is 293 g/mol. The molecule has 0 aromatic carbocycles. The van der Waals surface area contributed by atoms with Gasteiger partial charge in [-0.25, -0.2) is 4.79 Å². The van der Waals surface area contributed by atoms with Crippen molar-refractivity contribution in [1.82, 2.24) is 15.6 Å². The summed E-state index contributed by atoms with van der Waals surface area (Å²) in [6, 6.07) is 4.11. The van der Waals surface area contributed by atoms with Gasteiger partial charge in [0.2, 0.25) is 0 Å². The molecule has 1 atom stereocenters. The molecule has 0 radical (unpaired) electrons. The number of carbonyl (C=O) groups is 1. The number of carbonyl (C=O) groups excluding carboxylic acids is 1. The molecular weight excluding hydrogens is 266 g/mol. The summed E-state index contributed by atoms with van der Waals surface area (Å²) in [5.74, 6) is 0. The van der Waals surface area contributed by atoms with Crippen molar-refractivity contribution in [3.05, 3.63) is 30.1 Å². The Kier molecular flexibility index (Phi) is 5.72. The van der Waals surface area contributed by atoms with E-state index in [0.717, 1.165) is 5.56 Å². The van der Waals surface area contributed by atoms with Crippen LogP contribution in [-0.4, -0.2) is 28.8 Å². The molecule has 5 heteroatoms. The molecule has 1 aromatic rings. The van der Waals surface area contributed by atoms with Crippen molar-refractivity contribution in [3.8, 4) is 0 Å². The highest BCUT2D eigenvalue weighted by atomic mass is 16.6. The Bertz CT molecular complexity index is 452. The summed E-state index contributed by atoms with van der Waals surface area (Å²) in [4.78, 5) is 15.9. The number of hydrogen-bond acceptors (Lipinski definition) is 4. The second-order valence-electron chi connectivity index (χ2n) is 6.90. The van der Waals surface area contributed by atoms with Crippen molar-refractivity contribution >= 4 is 6.09 Å². The van der Waals surface area contributed by atoms with Crippen LogP contribution in [0.25, 0.3) is 0 Å². The van der Waals surface area contributed by atoms with Crippen molar-refractivity contribution in [2.75, 3.05) is 6.54 Å². The van der Waals surface area contributed by atoms with E-state index in [9.17, 15) is 4.79 Å². The minimum absolute atomic E-state index is 0.165. The Hall–Kier alpha value is -1.62. The van der Waals surface area contributed by atoms with Crippen molar-refractivity contribution in [2.24, 2.45) is 0 Å².